The maximum Gasteiger partial charge on any atom is 0.182 e. The fraction of sp³-hybridized carbons (Fsp3) is 0.462. The van der Waals surface area contributed by atoms with Gasteiger partial charge in [-0.05, 0) is 26.1 Å². The first-order valence-electron chi connectivity index (χ1n) is 5.99. The van der Waals surface area contributed by atoms with E-state index < -0.39 is 33.3 Å². The molecule has 1 rings (SSSR count). The number of rotatable bonds is 6. The van der Waals surface area contributed by atoms with Crippen molar-refractivity contribution in [1.82, 2.24) is 4.90 Å². The number of nitrogens with zero attached hydrogens (tertiary/aromatic N) is 1. The number of hydrogen-bond acceptors (Lipinski definition) is 4. The summed E-state index contributed by atoms with van der Waals surface area (Å²) >= 11 is 0. The second kappa shape index (κ2) is 6.41. The third kappa shape index (κ3) is 4.64. The van der Waals surface area contributed by atoms with Gasteiger partial charge in [-0.25, -0.2) is 17.2 Å². The number of Topliss-reactive ketones (excluding diaryl/α,β-unsaturated/α-hetero) is 1. The number of carbonyl (C=O) groups is 1. The lowest BCUT2D eigenvalue weighted by molar-refractivity contribution is 0.0870. The number of sulfone groups is 1. The molecule has 1 atom stereocenters. The van der Waals surface area contributed by atoms with Crippen molar-refractivity contribution >= 4 is 15.6 Å². The fourth-order valence-corrected chi connectivity index (χ4v) is 2.24. The highest BCUT2D eigenvalue weighted by atomic mass is 32.2. The molecule has 112 valence electrons. The zero-order chi connectivity index (χ0) is 15.5. The predicted molar refractivity (Wildman–Crippen MR) is 72.5 cm³/mol. The fourth-order valence-electron chi connectivity index (χ4n) is 1.62. The number of likely N-dealkylation sites (N-methyl/N-ethyl adjacent to an activating group) is 1. The molecule has 0 N–H and O–H groups in total. The Balaban J connectivity index is 2.80. The first-order chi connectivity index (χ1) is 9.11. The second-order valence-electron chi connectivity index (χ2n) is 4.77. The third-order valence-electron chi connectivity index (χ3n) is 3.05. The van der Waals surface area contributed by atoms with Crippen molar-refractivity contribution in [3.8, 4) is 0 Å². The SMILES string of the molecule is CC(C(=O)c1ccc(F)cc1F)N(C)CCS(C)(=O)=O. The minimum atomic E-state index is -3.13. The molecule has 7 heteroatoms. The number of benzene rings is 1. The van der Waals surface area contributed by atoms with E-state index in [0.29, 0.717) is 6.07 Å². The molecule has 0 aliphatic heterocycles. The number of halogens is 2. The zero-order valence-corrected chi connectivity index (χ0v) is 12.4. The van der Waals surface area contributed by atoms with Gasteiger partial charge in [-0.3, -0.25) is 9.69 Å². The molecule has 0 saturated heterocycles. The number of hydrogen-bond donors (Lipinski definition) is 0. The van der Waals surface area contributed by atoms with Crippen molar-refractivity contribution in [3.05, 3.63) is 35.4 Å². The van der Waals surface area contributed by atoms with Crippen LogP contribution in [-0.2, 0) is 9.84 Å². The highest BCUT2D eigenvalue weighted by Gasteiger charge is 2.23. The summed E-state index contributed by atoms with van der Waals surface area (Å²) in [6.45, 7) is 1.71. The van der Waals surface area contributed by atoms with Crippen LogP contribution in [0.25, 0.3) is 0 Å². The Bertz CT molecular complexity index is 602. The van der Waals surface area contributed by atoms with Gasteiger partial charge in [0.05, 0.1) is 17.4 Å². The lowest BCUT2D eigenvalue weighted by Gasteiger charge is -2.23. The van der Waals surface area contributed by atoms with Gasteiger partial charge in [0.1, 0.15) is 21.5 Å². The molecule has 0 aliphatic rings. The molecule has 20 heavy (non-hydrogen) atoms. The van der Waals surface area contributed by atoms with Crippen LogP contribution in [0.15, 0.2) is 18.2 Å². The van der Waals surface area contributed by atoms with Crippen molar-refractivity contribution in [2.75, 3.05) is 25.6 Å². The van der Waals surface area contributed by atoms with E-state index in [1.54, 1.807) is 14.0 Å². The van der Waals surface area contributed by atoms with Gasteiger partial charge in [0.2, 0.25) is 0 Å². The quantitative estimate of drug-likeness (QED) is 0.748. The minimum Gasteiger partial charge on any atom is -0.296 e. The minimum absolute atomic E-state index is 0.0903. The van der Waals surface area contributed by atoms with E-state index in [4.69, 9.17) is 0 Å². The topological polar surface area (TPSA) is 54.5 Å². The van der Waals surface area contributed by atoms with Crippen LogP contribution in [0.2, 0.25) is 0 Å². The average Bonchev–Trinajstić information content (AvgIpc) is 2.33. The molecule has 0 radical (unpaired) electrons. The van der Waals surface area contributed by atoms with E-state index >= 15 is 0 Å². The molecule has 0 aliphatic carbocycles. The van der Waals surface area contributed by atoms with E-state index in [9.17, 15) is 22.0 Å². The van der Waals surface area contributed by atoms with Crippen LogP contribution in [0.5, 0.6) is 0 Å². The van der Waals surface area contributed by atoms with Crippen LogP contribution in [0, 0.1) is 11.6 Å². The van der Waals surface area contributed by atoms with Gasteiger partial charge in [-0.1, -0.05) is 0 Å². The van der Waals surface area contributed by atoms with Gasteiger partial charge >= 0.3 is 0 Å². The Morgan fingerprint density at radius 2 is 1.95 bits per heavy atom. The van der Waals surface area contributed by atoms with Crippen molar-refractivity contribution < 1.29 is 22.0 Å². The Kier molecular flexibility index (Phi) is 5.35. The lowest BCUT2D eigenvalue weighted by atomic mass is 10.0. The monoisotopic (exact) mass is 305 g/mol. The van der Waals surface area contributed by atoms with Crippen LogP contribution < -0.4 is 0 Å². The van der Waals surface area contributed by atoms with Gasteiger partial charge in [-0.15, -0.1) is 0 Å². The Morgan fingerprint density at radius 1 is 1.35 bits per heavy atom. The van der Waals surface area contributed by atoms with Crippen molar-refractivity contribution in [2.24, 2.45) is 0 Å². The first kappa shape index (κ1) is 16.7. The van der Waals surface area contributed by atoms with E-state index in [1.165, 1.54) is 4.90 Å². The van der Waals surface area contributed by atoms with Crippen LogP contribution in [0.4, 0.5) is 8.78 Å². The first-order valence-corrected chi connectivity index (χ1v) is 8.05. The summed E-state index contributed by atoms with van der Waals surface area (Å²) in [5.74, 6) is -2.28. The highest BCUT2D eigenvalue weighted by Crippen LogP contribution is 2.14. The molecular formula is C13H17F2NO3S. The normalized spacial score (nSPS) is 13.5. The lowest BCUT2D eigenvalue weighted by Crippen LogP contribution is -2.39. The average molecular weight is 305 g/mol. The zero-order valence-electron chi connectivity index (χ0n) is 11.6. The maximum absolute atomic E-state index is 13.5. The van der Waals surface area contributed by atoms with E-state index in [2.05, 4.69) is 0 Å². The summed E-state index contributed by atoms with van der Waals surface area (Å²) in [4.78, 5) is 13.6. The van der Waals surface area contributed by atoms with Gasteiger partial charge in [0.25, 0.3) is 0 Å². The van der Waals surface area contributed by atoms with Crippen molar-refractivity contribution in [3.63, 3.8) is 0 Å². The van der Waals surface area contributed by atoms with Crippen LogP contribution in [0.3, 0.4) is 0 Å². The summed E-state index contributed by atoms with van der Waals surface area (Å²) < 4.78 is 48.5. The van der Waals surface area contributed by atoms with Crippen molar-refractivity contribution in [1.29, 1.82) is 0 Å². The molecule has 0 amide bonds. The maximum atomic E-state index is 13.5. The second-order valence-corrected chi connectivity index (χ2v) is 7.03. The van der Waals surface area contributed by atoms with Crippen LogP contribution in [0.1, 0.15) is 17.3 Å². The Hall–Kier alpha value is -1.34. The molecule has 0 fully saturated rings. The molecular weight excluding hydrogens is 288 g/mol. The molecule has 0 spiro atoms. The predicted octanol–water partition coefficient (Wildman–Crippen LogP) is 1.51. The molecule has 1 unspecified atom stereocenters. The third-order valence-corrected chi connectivity index (χ3v) is 3.98. The molecule has 0 saturated carbocycles. The summed E-state index contributed by atoms with van der Waals surface area (Å²) in [5.41, 5.74) is -0.204. The summed E-state index contributed by atoms with van der Waals surface area (Å²) in [6, 6.07) is 2.06. The van der Waals surface area contributed by atoms with Gasteiger partial charge in [0, 0.05) is 18.9 Å². The standard InChI is InChI=1S/C13H17F2NO3S/c1-9(16(2)6-7-20(3,18)19)13(17)11-5-4-10(14)8-12(11)15/h4-5,8-9H,6-7H2,1-3H3. The van der Waals surface area contributed by atoms with E-state index in [-0.39, 0.29) is 17.9 Å². The van der Waals surface area contributed by atoms with Crippen molar-refractivity contribution in [2.45, 2.75) is 13.0 Å². The van der Waals surface area contributed by atoms with Crippen LogP contribution >= 0.6 is 0 Å². The van der Waals surface area contributed by atoms with E-state index in [0.717, 1.165) is 18.4 Å². The smallest absolute Gasteiger partial charge is 0.182 e. The molecule has 0 aromatic heterocycles. The highest BCUT2D eigenvalue weighted by molar-refractivity contribution is 7.90. The van der Waals surface area contributed by atoms with Crippen LogP contribution in [-0.4, -0.2) is 50.7 Å². The van der Waals surface area contributed by atoms with Gasteiger partial charge in [-0.2, -0.15) is 0 Å². The summed E-state index contributed by atoms with van der Waals surface area (Å²) in [5, 5.41) is 0. The van der Waals surface area contributed by atoms with E-state index in [1.807, 2.05) is 0 Å². The van der Waals surface area contributed by atoms with Gasteiger partial charge < -0.3 is 0 Å². The summed E-state index contributed by atoms with van der Waals surface area (Å²) in [6.07, 6.45) is 1.10. The molecule has 0 bridgehead atoms. The van der Waals surface area contributed by atoms with Gasteiger partial charge in [0.15, 0.2) is 5.78 Å². The molecule has 4 nitrogen and oxygen atoms in total. The summed E-state index contributed by atoms with van der Waals surface area (Å²) in [7, 11) is -1.55. The molecule has 1 aromatic rings. The molecule has 0 heterocycles. The Morgan fingerprint density at radius 3 is 2.45 bits per heavy atom. The number of ketones is 1. The number of carbonyl (C=O) groups excluding carboxylic acids is 1. The Labute approximate surface area is 117 Å². The molecule has 1 aromatic carbocycles. The largest absolute Gasteiger partial charge is 0.296 e.